The van der Waals surface area contributed by atoms with Crippen molar-refractivity contribution in [2.24, 2.45) is 0 Å². The molecule has 0 radical (unpaired) electrons. The Bertz CT molecular complexity index is 623. The molecule has 1 aromatic heterocycles. The average Bonchev–Trinajstić information content (AvgIpc) is 2.95. The maximum Gasteiger partial charge on any atom is 0.287 e. The van der Waals surface area contributed by atoms with Crippen LogP contribution in [0.15, 0.2) is 45.5 Å². The van der Waals surface area contributed by atoms with Crippen molar-refractivity contribution in [2.45, 2.75) is 18.6 Å². The van der Waals surface area contributed by atoms with Gasteiger partial charge in [0.15, 0.2) is 10.4 Å². The van der Waals surface area contributed by atoms with Crippen molar-refractivity contribution in [1.82, 2.24) is 5.32 Å². The third-order valence-electron chi connectivity index (χ3n) is 3.29. The Morgan fingerprint density at radius 1 is 1.32 bits per heavy atom. The highest BCUT2D eigenvalue weighted by atomic mass is 79.9. The molecule has 4 nitrogen and oxygen atoms in total. The first kappa shape index (κ1) is 12.4. The number of rotatable bonds is 2. The Morgan fingerprint density at radius 3 is 2.84 bits per heavy atom. The number of nitrogens with one attached hydrogen (secondary N) is 1. The topological polar surface area (TPSA) is 62.5 Å². The highest BCUT2D eigenvalue weighted by Crippen LogP contribution is 2.31. The van der Waals surface area contributed by atoms with Crippen molar-refractivity contribution in [3.05, 3.63) is 58.0 Å². The summed E-state index contributed by atoms with van der Waals surface area (Å²) in [5, 5.41) is 12.9. The maximum atomic E-state index is 12.0. The normalized spacial score (nSPS) is 21.2. The molecule has 1 aliphatic rings. The van der Waals surface area contributed by atoms with Gasteiger partial charge in [-0.3, -0.25) is 4.79 Å². The molecule has 1 aliphatic carbocycles. The molecular weight excluding hydrogens is 310 g/mol. The summed E-state index contributed by atoms with van der Waals surface area (Å²) < 4.78 is 5.71. The molecule has 0 unspecified atom stereocenters. The largest absolute Gasteiger partial charge is 0.444 e. The molecule has 0 bridgehead atoms. The van der Waals surface area contributed by atoms with E-state index in [1.165, 1.54) is 0 Å². The van der Waals surface area contributed by atoms with Crippen molar-refractivity contribution < 1.29 is 14.3 Å². The van der Waals surface area contributed by atoms with Crippen LogP contribution in [0, 0.1) is 0 Å². The van der Waals surface area contributed by atoms with Crippen molar-refractivity contribution in [3.63, 3.8) is 0 Å². The van der Waals surface area contributed by atoms with Crippen LogP contribution in [0.1, 0.15) is 27.7 Å². The number of carbonyl (C=O) groups excluding carboxylic acids is 1. The van der Waals surface area contributed by atoms with E-state index in [-0.39, 0.29) is 17.7 Å². The number of hydrogen-bond donors (Lipinski definition) is 2. The molecule has 19 heavy (non-hydrogen) atoms. The van der Waals surface area contributed by atoms with Gasteiger partial charge in [-0.15, -0.1) is 0 Å². The fourth-order valence-corrected chi connectivity index (χ4v) is 2.70. The number of amides is 1. The van der Waals surface area contributed by atoms with E-state index in [4.69, 9.17) is 4.42 Å². The molecule has 0 aliphatic heterocycles. The minimum absolute atomic E-state index is 0.225. The van der Waals surface area contributed by atoms with E-state index < -0.39 is 6.10 Å². The second-order valence-corrected chi connectivity index (χ2v) is 5.31. The molecule has 0 fully saturated rings. The first-order chi connectivity index (χ1) is 9.15. The van der Waals surface area contributed by atoms with E-state index in [1.54, 1.807) is 12.1 Å². The molecule has 5 heteroatoms. The number of benzene rings is 1. The minimum atomic E-state index is -0.597. The van der Waals surface area contributed by atoms with Gasteiger partial charge in [0.2, 0.25) is 0 Å². The van der Waals surface area contributed by atoms with Gasteiger partial charge in [0.05, 0.1) is 12.1 Å². The minimum Gasteiger partial charge on any atom is -0.444 e. The zero-order valence-electron chi connectivity index (χ0n) is 9.97. The van der Waals surface area contributed by atoms with Gasteiger partial charge in [0, 0.05) is 6.42 Å². The quantitative estimate of drug-likeness (QED) is 0.893. The van der Waals surface area contributed by atoms with Crippen LogP contribution in [-0.2, 0) is 6.42 Å². The lowest BCUT2D eigenvalue weighted by molar-refractivity contribution is 0.0830. The van der Waals surface area contributed by atoms with E-state index in [0.29, 0.717) is 11.1 Å². The molecule has 98 valence electrons. The fraction of sp³-hybridized carbons (Fsp3) is 0.214. The number of halogens is 1. The molecule has 2 aromatic rings. The SMILES string of the molecule is O=C(N[C@H]1c2ccccc2C[C@H]1O)c1ccc(Br)o1. The van der Waals surface area contributed by atoms with Gasteiger partial charge in [0.25, 0.3) is 5.91 Å². The van der Waals surface area contributed by atoms with Crippen LogP contribution < -0.4 is 5.32 Å². The summed E-state index contributed by atoms with van der Waals surface area (Å²) in [7, 11) is 0. The summed E-state index contributed by atoms with van der Waals surface area (Å²) in [5.74, 6) is -0.102. The van der Waals surface area contributed by atoms with Gasteiger partial charge in [-0.05, 0) is 39.2 Å². The second kappa shape index (κ2) is 4.83. The molecule has 2 atom stereocenters. The second-order valence-electron chi connectivity index (χ2n) is 4.53. The molecule has 0 saturated heterocycles. The summed E-state index contributed by atoms with van der Waals surface area (Å²) >= 11 is 3.15. The van der Waals surface area contributed by atoms with Crippen LogP contribution in [-0.4, -0.2) is 17.1 Å². The van der Waals surface area contributed by atoms with Gasteiger partial charge in [-0.2, -0.15) is 0 Å². The molecule has 0 spiro atoms. The summed E-state index contributed by atoms with van der Waals surface area (Å²) in [5.41, 5.74) is 2.04. The summed E-state index contributed by atoms with van der Waals surface area (Å²) in [6, 6.07) is 10.6. The number of furan rings is 1. The monoisotopic (exact) mass is 321 g/mol. The van der Waals surface area contributed by atoms with Crippen molar-refractivity contribution >= 4 is 21.8 Å². The average molecular weight is 322 g/mol. The Kier molecular flexibility index (Phi) is 3.16. The Balaban J connectivity index is 1.82. The molecule has 2 N–H and O–H groups in total. The van der Waals surface area contributed by atoms with Gasteiger partial charge in [-0.25, -0.2) is 0 Å². The highest BCUT2D eigenvalue weighted by Gasteiger charge is 2.32. The Hall–Kier alpha value is -1.59. The van der Waals surface area contributed by atoms with Crippen LogP contribution >= 0.6 is 15.9 Å². The molecule has 1 aromatic carbocycles. The van der Waals surface area contributed by atoms with E-state index in [0.717, 1.165) is 11.1 Å². The predicted molar refractivity (Wildman–Crippen MR) is 72.8 cm³/mol. The van der Waals surface area contributed by atoms with Gasteiger partial charge < -0.3 is 14.8 Å². The van der Waals surface area contributed by atoms with E-state index in [2.05, 4.69) is 21.2 Å². The fourth-order valence-electron chi connectivity index (χ4n) is 2.40. The summed E-state index contributed by atoms with van der Waals surface area (Å²) in [6.45, 7) is 0. The number of aliphatic hydroxyl groups is 1. The van der Waals surface area contributed by atoms with Crippen LogP contribution in [0.25, 0.3) is 0 Å². The lowest BCUT2D eigenvalue weighted by atomic mass is 10.1. The number of hydrogen-bond acceptors (Lipinski definition) is 3. The maximum absolute atomic E-state index is 12.0. The molecule has 0 saturated carbocycles. The molecule has 3 rings (SSSR count). The van der Waals surface area contributed by atoms with Crippen molar-refractivity contribution in [1.29, 1.82) is 0 Å². The van der Waals surface area contributed by atoms with Crippen LogP contribution in [0.5, 0.6) is 0 Å². The third-order valence-corrected chi connectivity index (χ3v) is 3.71. The Morgan fingerprint density at radius 2 is 2.11 bits per heavy atom. The molecule has 1 amide bonds. The number of fused-ring (bicyclic) bond motifs is 1. The number of carbonyl (C=O) groups is 1. The van der Waals surface area contributed by atoms with Crippen LogP contribution in [0.2, 0.25) is 0 Å². The van der Waals surface area contributed by atoms with Crippen molar-refractivity contribution in [2.75, 3.05) is 0 Å². The molecule has 1 heterocycles. The number of aliphatic hydroxyl groups excluding tert-OH is 1. The third kappa shape index (κ3) is 2.31. The summed E-state index contributed by atoms with van der Waals surface area (Å²) in [4.78, 5) is 12.0. The zero-order valence-corrected chi connectivity index (χ0v) is 11.6. The molecular formula is C14H12BrNO3. The standard InChI is InChI=1S/C14H12BrNO3/c15-12-6-5-11(19-12)14(18)16-13-9-4-2-1-3-8(9)7-10(13)17/h1-6,10,13,17H,7H2,(H,16,18)/t10-,13+/m1/s1. The van der Waals surface area contributed by atoms with Gasteiger partial charge in [-0.1, -0.05) is 24.3 Å². The zero-order chi connectivity index (χ0) is 13.4. The van der Waals surface area contributed by atoms with Crippen LogP contribution in [0.4, 0.5) is 0 Å². The highest BCUT2D eigenvalue weighted by molar-refractivity contribution is 9.10. The first-order valence-electron chi connectivity index (χ1n) is 5.97. The Labute approximate surface area is 118 Å². The van der Waals surface area contributed by atoms with E-state index in [1.807, 2.05) is 24.3 Å². The lowest BCUT2D eigenvalue weighted by Gasteiger charge is -2.17. The first-order valence-corrected chi connectivity index (χ1v) is 6.76. The lowest BCUT2D eigenvalue weighted by Crippen LogP contribution is -2.33. The smallest absolute Gasteiger partial charge is 0.287 e. The predicted octanol–water partition coefficient (Wildman–Crippen LogP) is 2.43. The van der Waals surface area contributed by atoms with Crippen LogP contribution in [0.3, 0.4) is 0 Å². The van der Waals surface area contributed by atoms with Crippen molar-refractivity contribution in [3.8, 4) is 0 Å². The van der Waals surface area contributed by atoms with Gasteiger partial charge >= 0.3 is 0 Å². The van der Waals surface area contributed by atoms with Gasteiger partial charge in [0.1, 0.15) is 0 Å². The van der Waals surface area contributed by atoms with E-state index in [9.17, 15) is 9.90 Å². The van der Waals surface area contributed by atoms with E-state index >= 15 is 0 Å². The summed E-state index contributed by atoms with van der Waals surface area (Å²) in [6.07, 6.45) is -0.0389.